The molecule has 1 aliphatic rings. The molecule has 2 heterocycles. The van der Waals surface area contributed by atoms with Crippen molar-refractivity contribution >= 4 is 16.9 Å². The molecule has 38 heavy (non-hydrogen) atoms. The highest BCUT2D eigenvalue weighted by Crippen LogP contribution is 2.43. The topological polar surface area (TPSA) is 168 Å². The van der Waals surface area contributed by atoms with Crippen LogP contribution in [0.25, 0.3) is 11.0 Å². The predicted molar refractivity (Wildman–Crippen MR) is 136 cm³/mol. The summed E-state index contributed by atoms with van der Waals surface area (Å²) in [4.78, 5) is 12.2. The Bertz CT molecular complexity index is 1030. The Morgan fingerprint density at radius 3 is 2.47 bits per heavy atom. The van der Waals surface area contributed by atoms with Gasteiger partial charge in [0.25, 0.3) is 0 Å². The highest BCUT2D eigenvalue weighted by molar-refractivity contribution is 5.90. The van der Waals surface area contributed by atoms with Crippen molar-refractivity contribution in [1.29, 1.82) is 0 Å². The average Bonchev–Trinajstić information content (AvgIpc) is 3.28. The van der Waals surface area contributed by atoms with E-state index in [4.69, 9.17) is 23.4 Å². The minimum Gasteiger partial charge on any atom is -0.486 e. The SMILES string of the molecule is CCOC(=O)CCc1cc2c(CCO)coc2c(OCCCC(C)C)c1O[C@H]1O[C@H](CO)[C@@H](O)[C@H](O)[C@H]1O. The number of fused-ring (bicyclic) bond motifs is 1. The summed E-state index contributed by atoms with van der Waals surface area (Å²) < 4.78 is 28.7. The van der Waals surface area contributed by atoms with E-state index in [9.17, 15) is 30.3 Å². The molecule has 0 radical (unpaired) electrons. The third-order valence-corrected chi connectivity index (χ3v) is 6.47. The van der Waals surface area contributed by atoms with Crippen molar-refractivity contribution in [3.63, 3.8) is 0 Å². The van der Waals surface area contributed by atoms with Crippen molar-refractivity contribution < 1.29 is 53.7 Å². The number of carbonyl (C=O) groups is 1. The van der Waals surface area contributed by atoms with Crippen LogP contribution in [-0.2, 0) is 27.1 Å². The second kappa shape index (κ2) is 14.1. The normalized spacial score (nSPS) is 23.7. The summed E-state index contributed by atoms with van der Waals surface area (Å²) in [5.74, 6) is 0.430. The number of hydrogen-bond donors (Lipinski definition) is 5. The lowest BCUT2D eigenvalue weighted by molar-refractivity contribution is -0.277. The molecule has 5 N–H and O–H groups in total. The van der Waals surface area contributed by atoms with E-state index in [1.165, 1.54) is 6.26 Å². The monoisotopic (exact) mass is 540 g/mol. The highest BCUT2D eigenvalue weighted by atomic mass is 16.7. The first-order chi connectivity index (χ1) is 18.2. The number of carbonyl (C=O) groups excluding carboxylic acids is 1. The molecule has 0 spiro atoms. The van der Waals surface area contributed by atoms with Crippen LogP contribution in [0.4, 0.5) is 0 Å². The zero-order chi connectivity index (χ0) is 27.8. The van der Waals surface area contributed by atoms with Crippen molar-refractivity contribution in [3.05, 3.63) is 23.5 Å². The molecule has 0 saturated carbocycles. The number of furan rings is 1. The van der Waals surface area contributed by atoms with Crippen molar-refractivity contribution in [2.75, 3.05) is 26.4 Å². The van der Waals surface area contributed by atoms with Gasteiger partial charge in [-0.25, -0.2) is 0 Å². The lowest BCUT2D eigenvalue weighted by atomic mass is 9.99. The number of rotatable bonds is 14. The van der Waals surface area contributed by atoms with Crippen LogP contribution in [0.15, 0.2) is 16.7 Å². The van der Waals surface area contributed by atoms with Crippen LogP contribution in [0, 0.1) is 5.92 Å². The summed E-state index contributed by atoms with van der Waals surface area (Å²) >= 11 is 0. The van der Waals surface area contributed by atoms with Gasteiger partial charge in [0.2, 0.25) is 12.0 Å². The smallest absolute Gasteiger partial charge is 0.306 e. The molecule has 1 aromatic heterocycles. The minimum absolute atomic E-state index is 0.0321. The fourth-order valence-corrected chi connectivity index (χ4v) is 4.40. The molecule has 0 amide bonds. The quantitative estimate of drug-likeness (QED) is 0.174. The Morgan fingerprint density at radius 1 is 1.05 bits per heavy atom. The number of esters is 1. The standard InChI is InChI=1S/C27H40O11/c1-4-34-20(30)8-7-16-12-18-17(9-10-28)14-36-25(18)26(35-11-5-6-15(2)3)24(16)38-27-23(33)22(32)21(31)19(13-29)37-27/h12,14-15,19,21-23,27-29,31-33H,4-11,13H2,1-3H3/t19-,21-,22+,23-,27-/m1/s1. The van der Waals surface area contributed by atoms with Crippen LogP contribution in [0.1, 0.15) is 51.2 Å². The number of aliphatic hydroxyl groups is 5. The van der Waals surface area contributed by atoms with Crippen molar-refractivity contribution in [3.8, 4) is 11.5 Å². The van der Waals surface area contributed by atoms with Gasteiger partial charge in [-0.05, 0) is 50.2 Å². The van der Waals surface area contributed by atoms with Gasteiger partial charge in [0.05, 0.1) is 26.1 Å². The van der Waals surface area contributed by atoms with Crippen molar-refractivity contribution in [1.82, 2.24) is 0 Å². The molecular formula is C27H40O11. The van der Waals surface area contributed by atoms with Gasteiger partial charge in [-0.3, -0.25) is 4.79 Å². The molecule has 3 rings (SSSR count). The first kappa shape index (κ1) is 30.1. The molecule has 0 unspecified atom stereocenters. The first-order valence-corrected chi connectivity index (χ1v) is 13.1. The van der Waals surface area contributed by atoms with Crippen LogP contribution in [0.2, 0.25) is 0 Å². The molecular weight excluding hydrogens is 500 g/mol. The van der Waals surface area contributed by atoms with Crippen molar-refractivity contribution in [2.24, 2.45) is 5.92 Å². The first-order valence-electron chi connectivity index (χ1n) is 13.1. The predicted octanol–water partition coefficient (Wildman–Crippen LogP) is 1.46. The summed E-state index contributed by atoms with van der Waals surface area (Å²) in [5.41, 5.74) is 1.63. The van der Waals surface area contributed by atoms with Gasteiger partial charge < -0.3 is 48.9 Å². The van der Waals surface area contributed by atoms with E-state index in [0.717, 1.165) is 18.4 Å². The van der Waals surface area contributed by atoms with Crippen LogP contribution < -0.4 is 9.47 Å². The van der Waals surface area contributed by atoms with Crippen LogP contribution in [0.3, 0.4) is 0 Å². The van der Waals surface area contributed by atoms with Crippen LogP contribution in [0.5, 0.6) is 11.5 Å². The third-order valence-electron chi connectivity index (χ3n) is 6.47. The molecule has 11 nitrogen and oxygen atoms in total. The zero-order valence-electron chi connectivity index (χ0n) is 22.2. The molecule has 2 aromatic rings. The Morgan fingerprint density at radius 2 is 1.82 bits per heavy atom. The van der Waals surface area contributed by atoms with Gasteiger partial charge in [0, 0.05) is 24.0 Å². The summed E-state index contributed by atoms with van der Waals surface area (Å²) in [6, 6.07) is 1.77. The number of hydrogen-bond acceptors (Lipinski definition) is 11. The molecule has 214 valence electrons. The van der Waals surface area contributed by atoms with Gasteiger partial charge in [-0.15, -0.1) is 0 Å². The molecule has 0 bridgehead atoms. The molecule has 0 aliphatic carbocycles. The van der Waals surface area contributed by atoms with Gasteiger partial charge in [-0.1, -0.05) is 13.8 Å². The van der Waals surface area contributed by atoms with E-state index in [1.807, 2.05) is 0 Å². The van der Waals surface area contributed by atoms with E-state index >= 15 is 0 Å². The van der Waals surface area contributed by atoms with E-state index in [0.29, 0.717) is 35.5 Å². The lowest BCUT2D eigenvalue weighted by Gasteiger charge is -2.39. The molecule has 1 saturated heterocycles. The fraction of sp³-hybridized carbons (Fsp3) is 0.667. The van der Waals surface area contributed by atoms with E-state index in [-0.39, 0.29) is 37.6 Å². The number of benzene rings is 1. The maximum atomic E-state index is 12.2. The zero-order valence-corrected chi connectivity index (χ0v) is 22.2. The van der Waals surface area contributed by atoms with Gasteiger partial charge in [-0.2, -0.15) is 0 Å². The molecule has 5 atom stereocenters. The van der Waals surface area contributed by atoms with Gasteiger partial charge >= 0.3 is 5.97 Å². The lowest BCUT2D eigenvalue weighted by Crippen LogP contribution is -2.60. The van der Waals surface area contributed by atoms with Gasteiger partial charge in [0.15, 0.2) is 11.3 Å². The number of ether oxygens (including phenoxy) is 4. The Labute approximate surface area is 221 Å². The second-order valence-electron chi connectivity index (χ2n) is 9.81. The Hall–Kier alpha value is -2.41. The Kier molecular flexibility index (Phi) is 11.2. The second-order valence-corrected chi connectivity index (χ2v) is 9.81. The third kappa shape index (κ3) is 7.16. The molecule has 11 heteroatoms. The Balaban J connectivity index is 2.06. The minimum atomic E-state index is -1.64. The summed E-state index contributed by atoms with van der Waals surface area (Å²) in [7, 11) is 0. The molecule has 1 fully saturated rings. The van der Waals surface area contributed by atoms with E-state index in [1.54, 1.807) is 13.0 Å². The van der Waals surface area contributed by atoms with Crippen LogP contribution >= 0.6 is 0 Å². The van der Waals surface area contributed by atoms with E-state index in [2.05, 4.69) is 13.8 Å². The van der Waals surface area contributed by atoms with E-state index < -0.39 is 43.3 Å². The summed E-state index contributed by atoms with van der Waals surface area (Å²) in [5, 5.41) is 50.8. The maximum Gasteiger partial charge on any atom is 0.306 e. The van der Waals surface area contributed by atoms with Gasteiger partial charge in [0.1, 0.15) is 24.4 Å². The average molecular weight is 541 g/mol. The largest absolute Gasteiger partial charge is 0.486 e. The highest BCUT2D eigenvalue weighted by Gasteiger charge is 2.45. The summed E-state index contributed by atoms with van der Waals surface area (Å²) in [6.07, 6.45) is -3.70. The fourth-order valence-electron chi connectivity index (χ4n) is 4.40. The maximum absolute atomic E-state index is 12.2. The number of aliphatic hydroxyl groups excluding tert-OH is 5. The van der Waals surface area contributed by atoms with Crippen molar-refractivity contribution in [2.45, 2.75) is 83.6 Å². The molecule has 1 aliphatic heterocycles. The van der Waals surface area contributed by atoms with Crippen LogP contribution in [-0.4, -0.2) is 88.6 Å². The summed E-state index contributed by atoms with van der Waals surface area (Å²) in [6.45, 7) is 5.79. The number of aryl methyl sites for hydroxylation is 1. The molecule has 1 aromatic carbocycles.